The van der Waals surface area contributed by atoms with Crippen molar-refractivity contribution in [2.24, 2.45) is 5.41 Å². The zero-order valence-electron chi connectivity index (χ0n) is 16.1. The first kappa shape index (κ1) is 18.0. The molecule has 2 aromatic rings. The van der Waals surface area contributed by atoms with Crippen LogP contribution < -0.4 is 4.74 Å². The van der Waals surface area contributed by atoms with Gasteiger partial charge in [-0.2, -0.15) is 0 Å². The first-order valence-corrected chi connectivity index (χ1v) is 9.38. The van der Waals surface area contributed by atoms with E-state index in [4.69, 9.17) is 9.15 Å². The second-order valence-corrected chi connectivity index (χ2v) is 7.87. The minimum absolute atomic E-state index is 0.0410. The standard InChI is InChI=1S/C20H26N4O3/c1-14-21-22-19(27-14)17-10-23(2)11-20(17)12-24(13-20)18(25)8-7-15-5-4-6-16(9-15)26-3/h4-6,9,17H,7-8,10-13H2,1-3H3. The third kappa shape index (κ3) is 3.43. The Bertz CT molecular complexity index is 828. The summed E-state index contributed by atoms with van der Waals surface area (Å²) in [7, 11) is 3.77. The van der Waals surface area contributed by atoms with E-state index in [1.807, 2.05) is 36.1 Å². The van der Waals surface area contributed by atoms with Crippen LogP contribution in [-0.4, -0.2) is 66.2 Å². The van der Waals surface area contributed by atoms with Crippen molar-refractivity contribution in [2.75, 3.05) is 40.3 Å². The molecule has 1 atom stereocenters. The number of carbonyl (C=O) groups excluding carboxylic acids is 1. The number of ether oxygens (including phenoxy) is 1. The summed E-state index contributed by atoms with van der Waals surface area (Å²) >= 11 is 0. The number of aromatic nitrogens is 2. The molecule has 2 aliphatic heterocycles. The van der Waals surface area contributed by atoms with Crippen LogP contribution in [0.2, 0.25) is 0 Å². The number of likely N-dealkylation sites (N-methyl/N-ethyl adjacent to an activating group) is 1. The number of benzene rings is 1. The fraction of sp³-hybridized carbons (Fsp3) is 0.550. The molecule has 7 heteroatoms. The third-order valence-electron chi connectivity index (χ3n) is 5.78. The zero-order chi connectivity index (χ0) is 19.0. The Labute approximate surface area is 159 Å². The molecule has 4 rings (SSSR count). The SMILES string of the molecule is COc1cccc(CCC(=O)N2CC3(CN(C)CC3c3nnc(C)o3)C2)c1. The Morgan fingerprint density at radius 2 is 2.15 bits per heavy atom. The summed E-state index contributed by atoms with van der Waals surface area (Å²) in [5, 5.41) is 8.23. The lowest BCUT2D eigenvalue weighted by Gasteiger charge is -2.50. The van der Waals surface area contributed by atoms with E-state index in [9.17, 15) is 4.79 Å². The molecule has 1 aromatic heterocycles. The largest absolute Gasteiger partial charge is 0.497 e. The molecule has 2 fully saturated rings. The first-order chi connectivity index (χ1) is 13.0. The van der Waals surface area contributed by atoms with E-state index in [1.54, 1.807) is 7.11 Å². The van der Waals surface area contributed by atoms with E-state index in [-0.39, 0.29) is 17.2 Å². The van der Waals surface area contributed by atoms with Gasteiger partial charge in [0.2, 0.25) is 17.7 Å². The molecule has 1 amide bonds. The number of hydrogen-bond donors (Lipinski definition) is 0. The first-order valence-electron chi connectivity index (χ1n) is 9.38. The van der Waals surface area contributed by atoms with Gasteiger partial charge in [-0.05, 0) is 31.2 Å². The Balaban J connectivity index is 1.36. The highest BCUT2D eigenvalue weighted by Gasteiger charge is 2.56. The van der Waals surface area contributed by atoms with Crippen molar-refractivity contribution in [3.8, 4) is 5.75 Å². The van der Waals surface area contributed by atoms with Crippen molar-refractivity contribution in [2.45, 2.75) is 25.7 Å². The maximum absolute atomic E-state index is 12.7. The molecule has 144 valence electrons. The second-order valence-electron chi connectivity index (χ2n) is 7.87. The number of nitrogens with zero attached hydrogens (tertiary/aromatic N) is 4. The van der Waals surface area contributed by atoms with E-state index in [2.05, 4.69) is 22.1 Å². The van der Waals surface area contributed by atoms with Gasteiger partial charge in [-0.15, -0.1) is 10.2 Å². The smallest absolute Gasteiger partial charge is 0.222 e. The molecular formula is C20H26N4O3. The van der Waals surface area contributed by atoms with Crippen molar-refractivity contribution in [3.05, 3.63) is 41.6 Å². The molecule has 0 radical (unpaired) electrons. The van der Waals surface area contributed by atoms with Crippen LogP contribution in [0.25, 0.3) is 0 Å². The van der Waals surface area contributed by atoms with E-state index < -0.39 is 0 Å². The highest BCUT2D eigenvalue weighted by Crippen LogP contribution is 2.48. The average Bonchev–Trinajstić information content (AvgIpc) is 3.21. The zero-order valence-corrected chi connectivity index (χ0v) is 16.1. The number of likely N-dealkylation sites (tertiary alicyclic amines) is 2. The number of aryl methyl sites for hydroxylation is 2. The van der Waals surface area contributed by atoms with Crippen LogP contribution >= 0.6 is 0 Å². The molecule has 2 saturated heterocycles. The Kier molecular flexibility index (Phi) is 4.63. The lowest BCUT2D eigenvalue weighted by Crippen LogP contribution is -2.61. The van der Waals surface area contributed by atoms with Crippen LogP contribution in [0, 0.1) is 12.3 Å². The minimum atomic E-state index is 0.0410. The maximum atomic E-state index is 12.7. The highest BCUT2D eigenvalue weighted by molar-refractivity contribution is 5.77. The number of rotatable bonds is 5. The summed E-state index contributed by atoms with van der Waals surface area (Å²) in [4.78, 5) is 16.9. The summed E-state index contributed by atoms with van der Waals surface area (Å²) < 4.78 is 11.0. The van der Waals surface area contributed by atoms with Crippen molar-refractivity contribution in [1.29, 1.82) is 0 Å². The molecule has 7 nitrogen and oxygen atoms in total. The van der Waals surface area contributed by atoms with Crippen molar-refractivity contribution in [1.82, 2.24) is 20.0 Å². The average molecular weight is 370 g/mol. The third-order valence-corrected chi connectivity index (χ3v) is 5.78. The molecule has 3 heterocycles. The van der Waals surface area contributed by atoms with Gasteiger partial charge in [0, 0.05) is 44.9 Å². The Hall–Kier alpha value is -2.41. The Morgan fingerprint density at radius 3 is 2.85 bits per heavy atom. The van der Waals surface area contributed by atoms with Crippen molar-refractivity contribution in [3.63, 3.8) is 0 Å². The van der Waals surface area contributed by atoms with Gasteiger partial charge in [-0.1, -0.05) is 12.1 Å². The number of amides is 1. The van der Waals surface area contributed by atoms with Crippen LogP contribution in [0.5, 0.6) is 5.75 Å². The van der Waals surface area contributed by atoms with E-state index in [0.29, 0.717) is 18.2 Å². The molecule has 27 heavy (non-hydrogen) atoms. The molecule has 0 aliphatic carbocycles. The molecule has 1 spiro atoms. The molecular weight excluding hydrogens is 344 g/mol. The van der Waals surface area contributed by atoms with Crippen LogP contribution in [0.4, 0.5) is 0 Å². The maximum Gasteiger partial charge on any atom is 0.222 e. The fourth-order valence-electron chi connectivity index (χ4n) is 4.46. The van der Waals surface area contributed by atoms with E-state index in [0.717, 1.165) is 43.9 Å². The topological polar surface area (TPSA) is 71.7 Å². The quantitative estimate of drug-likeness (QED) is 0.800. The van der Waals surface area contributed by atoms with Gasteiger partial charge in [-0.3, -0.25) is 4.79 Å². The van der Waals surface area contributed by atoms with Crippen molar-refractivity contribution >= 4 is 5.91 Å². The molecule has 2 aliphatic rings. The van der Waals surface area contributed by atoms with Crippen molar-refractivity contribution < 1.29 is 13.9 Å². The van der Waals surface area contributed by atoms with Gasteiger partial charge in [0.15, 0.2) is 0 Å². The highest BCUT2D eigenvalue weighted by atomic mass is 16.5. The van der Waals surface area contributed by atoms with Gasteiger partial charge in [0.1, 0.15) is 5.75 Å². The summed E-state index contributed by atoms with van der Waals surface area (Å²) in [6.07, 6.45) is 1.25. The van der Waals surface area contributed by atoms with E-state index >= 15 is 0 Å². The second kappa shape index (κ2) is 6.96. The predicted molar refractivity (Wildman–Crippen MR) is 99.6 cm³/mol. The molecule has 0 saturated carbocycles. The van der Waals surface area contributed by atoms with Crippen LogP contribution in [-0.2, 0) is 11.2 Å². The predicted octanol–water partition coefficient (Wildman–Crippen LogP) is 1.88. The van der Waals surface area contributed by atoms with Crippen LogP contribution in [0.1, 0.15) is 29.7 Å². The molecule has 1 unspecified atom stereocenters. The summed E-state index contributed by atoms with van der Waals surface area (Å²) in [5.41, 5.74) is 1.16. The summed E-state index contributed by atoms with van der Waals surface area (Å²) in [5.74, 6) is 2.54. The lowest BCUT2D eigenvalue weighted by atomic mass is 9.71. The van der Waals surface area contributed by atoms with Crippen LogP contribution in [0.15, 0.2) is 28.7 Å². The van der Waals surface area contributed by atoms with Gasteiger partial charge < -0.3 is 19.0 Å². The van der Waals surface area contributed by atoms with Gasteiger partial charge >= 0.3 is 0 Å². The number of hydrogen-bond acceptors (Lipinski definition) is 6. The summed E-state index contributed by atoms with van der Waals surface area (Å²) in [6.45, 7) is 5.20. The number of carbonyl (C=O) groups is 1. The number of methoxy groups -OCH3 is 1. The fourth-order valence-corrected chi connectivity index (χ4v) is 4.46. The van der Waals surface area contributed by atoms with Gasteiger partial charge in [0.05, 0.1) is 13.0 Å². The summed E-state index contributed by atoms with van der Waals surface area (Å²) in [6, 6.07) is 7.90. The normalized spacial score (nSPS) is 21.4. The molecule has 0 N–H and O–H groups in total. The van der Waals surface area contributed by atoms with Crippen LogP contribution in [0.3, 0.4) is 0 Å². The molecule has 0 bridgehead atoms. The van der Waals surface area contributed by atoms with Gasteiger partial charge in [0.25, 0.3) is 0 Å². The monoisotopic (exact) mass is 370 g/mol. The molecule has 1 aromatic carbocycles. The lowest BCUT2D eigenvalue weighted by molar-refractivity contribution is -0.143. The van der Waals surface area contributed by atoms with Gasteiger partial charge in [-0.25, -0.2) is 0 Å². The van der Waals surface area contributed by atoms with E-state index in [1.165, 1.54) is 0 Å². The minimum Gasteiger partial charge on any atom is -0.497 e. The Morgan fingerprint density at radius 1 is 1.33 bits per heavy atom.